The Morgan fingerprint density at radius 1 is 1.30 bits per heavy atom. The maximum absolute atomic E-state index is 5.24. The molecule has 1 heteroatoms. The normalized spacial score (nSPS) is 19.7. The van der Waals surface area contributed by atoms with E-state index in [4.69, 9.17) is 4.74 Å². The van der Waals surface area contributed by atoms with Crippen molar-refractivity contribution in [2.75, 3.05) is 13.2 Å². The van der Waals surface area contributed by atoms with E-state index in [1.165, 1.54) is 0 Å². The lowest BCUT2D eigenvalue weighted by Crippen LogP contribution is -2.07. The molecule has 0 unspecified atom stereocenters. The molecule has 0 spiro atoms. The van der Waals surface area contributed by atoms with E-state index in [9.17, 15) is 0 Å². The van der Waals surface area contributed by atoms with Gasteiger partial charge in [-0.1, -0.05) is 25.5 Å². The predicted octanol–water partition coefficient (Wildman–Crippen LogP) is 2.38. The molecule has 0 atom stereocenters. The lowest BCUT2D eigenvalue weighted by Gasteiger charge is -2.15. The molecule has 1 aliphatic rings. The van der Waals surface area contributed by atoms with Gasteiger partial charge in [-0.05, 0) is 18.8 Å². The molecule has 58 valence electrons. The molecule has 1 heterocycles. The first-order valence-electron chi connectivity index (χ1n) is 4.06. The summed E-state index contributed by atoms with van der Waals surface area (Å²) in [6, 6.07) is 0. The smallest absolute Gasteiger partial charge is 0.0503 e. The van der Waals surface area contributed by atoms with Crippen LogP contribution in [0.2, 0.25) is 0 Å². The minimum atomic E-state index is 0.702. The van der Waals surface area contributed by atoms with Crippen molar-refractivity contribution in [2.45, 2.75) is 26.7 Å². The molecule has 0 aliphatic carbocycles. The van der Waals surface area contributed by atoms with Gasteiger partial charge in [-0.15, -0.1) is 0 Å². The summed E-state index contributed by atoms with van der Waals surface area (Å²) in [6.07, 6.45) is 4.67. The second-order valence-electron chi connectivity index (χ2n) is 3.18. The lowest BCUT2D eigenvalue weighted by molar-refractivity contribution is 0.119. The van der Waals surface area contributed by atoms with E-state index in [1.54, 1.807) is 5.57 Å². The van der Waals surface area contributed by atoms with Gasteiger partial charge in [0.15, 0.2) is 0 Å². The van der Waals surface area contributed by atoms with Crippen molar-refractivity contribution in [2.24, 2.45) is 5.92 Å². The molecule has 0 amide bonds. The highest BCUT2D eigenvalue weighted by Gasteiger charge is 2.04. The molecule has 0 saturated carbocycles. The maximum atomic E-state index is 5.24. The quantitative estimate of drug-likeness (QED) is 0.508. The molecule has 1 fully saturated rings. The van der Waals surface area contributed by atoms with Gasteiger partial charge in [0, 0.05) is 0 Å². The van der Waals surface area contributed by atoms with E-state index in [2.05, 4.69) is 19.9 Å². The van der Waals surface area contributed by atoms with Crippen LogP contribution < -0.4 is 0 Å². The molecular weight excluding hydrogens is 124 g/mol. The minimum absolute atomic E-state index is 0.702. The molecule has 1 nitrogen and oxygen atoms in total. The lowest BCUT2D eigenvalue weighted by atomic mass is 10.0. The summed E-state index contributed by atoms with van der Waals surface area (Å²) in [7, 11) is 0. The first-order valence-corrected chi connectivity index (χ1v) is 4.06. The highest BCUT2D eigenvalue weighted by Crippen LogP contribution is 2.15. The SMILES string of the molecule is CC(C)C=C1CCOCC1. The summed E-state index contributed by atoms with van der Waals surface area (Å²) >= 11 is 0. The van der Waals surface area contributed by atoms with E-state index < -0.39 is 0 Å². The molecule has 0 N–H and O–H groups in total. The number of allylic oxidation sites excluding steroid dienone is 1. The van der Waals surface area contributed by atoms with Crippen molar-refractivity contribution in [1.82, 2.24) is 0 Å². The Hall–Kier alpha value is -0.300. The van der Waals surface area contributed by atoms with Crippen LogP contribution in [-0.4, -0.2) is 13.2 Å². The van der Waals surface area contributed by atoms with Crippen LogP contribution in [0, 0.1) is 5.92 Å². The molecule has 0 aromatic carbocycles. The zero-order valence-electron chi connectivity index (χ0n) is 6.89. The van der Waals surface area contributed by atoms with Crippen LogP contribution in [0.3, 0.4) is 0 Å². The van der Waals surface area contributed by atoms with Crippen molar-refractivity contribution < 1.29 is 4.74 Å². The highest BCUT2D eigenvalue weighted by molar-refractivity contribution is 5.04. The van der Waals surface area contributed by atoms with Gasteiger partial charge in [0.1, 0.15) is 0 Å². The van der Waals surface area contributed by atoms with Gasteiger partial charge in [0.05, 0.1) is 13.2 Å². The Labute approximate surface area is 63.1 Å². The number of hydrogen-bond donors (Lipinski definition) is 0. The Kier molecular flexibility index (Phi) is 2.94. The van der Waals surface area contributed by atoms with Crippen LogP contribution in [0.5, 0.6) is 0 Å². The van der Waals surface area contributed by atoms with Crippen LogP contribution >= 0.6 is 0 Å². The second-order valence-corrected chi connectivity index (χ2v) is 3.18. The third kappa shape index (κ3) is 2.53. The van der Waals surface area contributed by atoms with Crippen molar-refractivity contribution in [3.8, 4) is 0 Å². The zero-order valence-corrected chi connectivity index (χ0v) is 6.89. The van der Waals surface area contributed by atoms with Gasteiger partial charge in [0.2, 0.25) is 0 Å². The first kappa shape index (κ1) is 7.80. The molecule has 0 bridgehead atoms. The Balaban J connectivity index is 2.37. The van der Waals surface area contributed by atoms with Crippen molar-refractivity contribution in [1.29, 1.82) is 0 Å². The average Bonchev–Trinajstić information content (AvgIpc) is 1.88. The topological polar surface area (TPSA) is 9.23 Å². The van der Waals surface area contributed by atoms with Gasteiger partial charge in [-0.25, -0.2) is 0 Å². The third-order valence-electron chi connectivity index (χ3n) is 1.70. The van der Waals surface area contributed by atoms with Gasteiger partial charge in [0.25, 0.3) is 0 Å². The standard InChI is InChI=1S/C9H16O/c1-8(2)7-9-3-5-10-6-4-9/h7-8H,3-6H2,1-2H3. The van der Waals surface area contributed by atoms with Crippen LogP contribution in [0.25, 0.3) is 0 Å². The van der Waals surface area contributed by atoms with Gasteiger partial charge >= 0.3 is 0 Å². The highest BCUT2D eigenvalue weighted by atomic mass is 16.5. The second kappa shape index (κ2) is 3.77. The Morgan fingerprint density at radius 3 is 2.40 bits per heavy atom. The summed E-state index contributed by atoms with van der Waals surface area (Å²) in [6.45, 7) is 6.31. The van der Waals surface area contributed by atoms with E-state index in [1.807, 2.05) is 0 Å². The summed E-state index contributed by atoms with van der Waals surface area (Å²) in [5, 5.41) is 0. The van der Waals surface area contributed by atoms with Crippen LogP contribution in [-0.2, 0) is 4.74 Å². The molecular formula is C9H16O. The Morgan fingerprint density at radius 2 is 1.90 bits per heavy atom. The molecule has 1 saturated heterocycles. The fourth-order valence-corrected chi connectivity index (χ4v) is 1.27. The Bertz CT molecular complexity index is 117. The average molecular weight is 140 g/mol. The van der Waals surface area contributed by atoms with Crippen molar-refractivity contribution >= 4 is 0 Å². The zero-order chi connectivity index (χ0) is 7.40. The summed E-state index contributed by atoms with van der Waals surface area (Å²) in [4.78, 5) is 0. The molecule has 0 radical (unpaired) electrons. The van der Waals surface area contributed by atoms with Crippen LogP contribution in [0.15, 0.2) is 11.6 Å². The summed E-state index contributed by atoms with van der Waals surface area (Å²) in [5.41, 5.74) is 1.58. The van der Waals surface area contributed by atoms with Crippen LogP contribution in [0.4, 0.5) is 0 Å². The molecule has 0 aromatic heterocycles. The van der Waals surface area contributed by atoms with E-state index in [-0.39, 0.29) is 0 Å². The van der Waals surface area contributed by atoms with E-state index in [0.29, 0.717) is 5.92 Å². The van der Waals surface area contributed by atoms with Gasteiger partial charge in [-0.3, -0.25) is 0 Å². The first-order chi connectivity index (χ1) is 4.79. The number of hydrogen-bond acceptors (Lipinski definition) is 1. The van der Waals surface area contributed by atoms with Crippen molar-refractivity contribution in [3.05, 3.63) is 11.6 Å². The minimum Gasteiger partial charge on any atom is -0.381 e. The van der Waals surface area contributed by atoms with E-state index in [0.717, 1.165) is 26.1 Å². The summed E-state index contributed by atoms with van der Waals surface area (Å²) < 4.78 is 5.24. The van der Waals surface area contributed by atoms with E-state index >= 15 is 0 Å². The van der Waals surface area contributed by atoms with Gasteiger partial charge in [-0.2, -0.15) is 0 Å². The predicted molar refractivity (Wildman–Crippen MR) is 43.0 cm³/mol. The van der Waals surface area contributed by atoms with Gasteiger partial charge < -0.3 is 4.74 Å². The monoisotopic (exact) mass is 140 g/mol. The molecule has 1 aliphatic heterocycles. The molecule has 0 aromatic rings. The number of ether oxygens (including phenoxy) is 1. The largest absolute Gasteiger partial charge is 0.381 e. The number of rotatable bonds is 1. The molecule has 1 rings (SSSR count). The molecule has 10 heavy (non-hydrogen) atoms. The van der Waals surface area contributed by atoms with Crippen molar-refractivity contribution in [3.63, 3.8) is 0 Å². The fourth-order valence-electron chi connectivity index (χ4n) is 1.27. The fraction of sp³-hybridized carbons (Fsp3) is 0.778. The summed E-state index contributed by atoms with van der Waals surface area (Å²) in [5.74, 6) is 0.702. The van der Waals surface area contributed by atoms with Crippen LogP contribution in [0.1, 0.15) is 26.7 Å². The third-order valence-corrected chi connectivity index (χ3v) is 1.70. The maximum Gasteiger partial charge on any atom is 0.0503 e.